The van der Waals surface area contributed by atoms with Crippen LogP contribution in [0.1, 0.15) is 56.3 Å². The molecule has 0 unspecified atom stereocenters. The predicted octanol–water partition coefficient (Wildman–Crippen LogP) is 2.90. The summed E-state index contributed by atoms with van der Waals surface area (Å²) in [6.07, 6.45) is 5.26. The maximum Gasteiger partial charge on any atom is 0.257 e. The number of hydrogen-bond acceptors (Lipinski definition) is 3. The predicted molar refractivity (Wildman–Crippen MR) is 91.7 cm³/mol. The largest absolute Gasteiger partial charge is 0.484 e. The Morgan fingerprint density at radius 1 is 0.913 bits per heavy atom. The highest BCUT2D eigenvalue weighted by Crippen LogP contribution is 2.12. The molecule has 0 heterocycles. The summed E-state index contributed by atoms with van der Waals surface area (Å²) < 4.78 is 5.41. The molecule has 5 heteroatoms. The van der Waals surface area contributed by atoms with E-state index >= 15 is 0 Å². The standard InChI is InChI=1S/C18H28N2O3/c1-3-5-7-13-19-17(21)14-23-16-10-8-15(9-11-16)18(22)20-12-6-4-2/h8-11H,3-7,12-14H2,1-2H3,(H,19,21)(H,20,22). The third-order valence-electron chi connectivity index (χ3n) is 3.40. The molecule has 1 aromatic rings. The number of rotatable bonds is 11. The first kappa shape index (κ1) is 19.0. The van der Waals surface area contributed by atoms with E-state index in [2.05, 4.69) is 24.5 Å². The molecule has 0 aliphatic carbocycles. The van der Waals surface area contributed by atoms with Crippen LogP contribution in [0.2, 0.25) is 0 Å². The zero-order chi connectivity index (χ0) is 16.9. The zero-order valence-electron chi connectivity index (χ0n) is 14.2. The van der Waals surface area contributed by atoms with Crippen molar-refractivity contribution in [1.82, 2.24) is 10.6 Å². The highest BCUT2D eigenvalue weighted by Gasteiger charge is 2.06. The van der Waals surface area contributed by atoms with E-state index in [0.717, 1.165) is 32.1 Å². The molecule has 0 saturated carbocycles. The first-order valence-corrected chi connectivity index (χ1v) is 8.45. The third kappa shape index (κ3) is 8.24. The summed E-state index contributed by atoms with van der Waals surface area (Å²) in [6, 6.07) is 6.82. The van der Waals surface area contributed by atoms with Gasteiger partial charge in [-0.15, -0.1) is 0 Å². The number of benzene rings is 1. The van der Waals surface area contributed by atoms with Crippen LogP contribution in [0.15, 0.2) is 24.3 Å². The summed E-state index contributed by atoms with van der Waals surface area (Å²) in [5.41, 5.74) is 0.595. The lowest BCUT2D eigenvalue weighted by Gasteiger charge is -2.08. The smallest absolute Gasteiger partial charge is 0.257 e. The number of hydrogen-bond donors (Lipinski definition) is 2. The minimum absolute atomic E-state index is 0.00579. The van der Waals surface area contributed by atoms with Crippen molar-refractivity contribution in [2.45, 2.75) is 46.0 Å². The van der Waals surface area contributed by atoms with Crippen molar-refractivity contribution in [3.63, 3.8) is 0 Å². The number of nitrogens with one attached hydrogen (secondary N) is 2. The van der Waals surface area contributed by atoms with Crippen LogP contribution in [-0.4, -0.2) is 31.5 Å². The number of carbonyl (C=O) groups excluding carboxylic acids is 2. The third-order valence-corrected chi connectivity index (χ3v) is 3.40. The molecule has 128 valence electrons. The molecule has 0 saturated heterocycles. The van der Waals surface area contributed by atoms with Crippen LogP contribution >= 0.6 is 0 Å². The molecule has 1 aromatic carbocycles. The fourth-order valence-electron chi connectivity index (χ4n) is 1.99. The van der Waals surface area contributed by atoms with Gasteiger partial charge in [-0.1, -0.05) is 33.1 Å². The maximum absolute atomic E-state index is 11.9. The second kappa shape index (κ2) is 11.5. The summed E-state index contributed by atoms with van der Waals surface area (Å²) >= 11 is 0. The van der Waals surface area contributed by atoms with E-state index < -0.39 is 0 Å². The Balaban J connectivity index is 2.30. The Hall–Kier alpha value is -2.04. The van der Waals surface area contributed by atoms with E-state index in [9.17, 15) is 9.59 Å². The van der Waals surface area contributed by atoms with Gasteiger partial charge < -0.3 is 15.4 Å². The SMILES string of the molecule is CCCCCNC(=O)COc1ccc(C(=O)NCCCC)cc1. The molecule has 0 radical (unpaired) electrons. The number of amides is 2. The van der Waals surface area contributed by atoms with Crippen molar-refractivity contribution in [3.8, 4) is 5.75 Å². The molecular formula is C18H28N2O3. The Morgan fingerprint density at radius 3 is 2.22 bits per heavy atom. The second-order valence-electron chi connectivity index (χ2n) is 5.48. The van der Waals surface area contributed by atoms with E-state index in [1.165, 1.54) is 0 Å². The van der Waals surface area contributed by atoms with Gasteiger partial charge in [-0.2, -0.15) is 0 Å². The van der Waals surface area contributed by atoms with Crippen molar-refractivity contribution in [1.29, 1.82) is 0 Å². The highest BCUT2D eigenvalue weighted by molar-refractivity contribution is 5.94. The number of ether oxygens (including phenoxy) is 1. The molecule has 0 aliphatic heterocycles. The summed E-state index contributed by atoms with van der Waals surface area (Å²) in [4.78, 5) is 23.5. The molecule has 0 fully saturated rings. The van der Waals surface area contributed by atoms with Crippen LogP contribution in [-0.2, 0) is 4.79 Å². The fourth-order valence-corrected chi connectivity index (χ4v) is 1.99. The molecule has 2 N–H and O–H groups in total. The second-order valence-corrected chi connectivity index (χ2v) is 5.48. The number of unbranched alkanes of at least 4 members (excludes halogenated alkanes) is 3. The Bertz CT molecular complexity index is 472. The van der Waals surface area contributed by atoms with Crippen LogP contribution in [0, 0.1) is 0 Å². The van der Waals surface area contributed by atoms with Gasteiger partial charge in [-0.05, 0) is 37.1 Å². The van der Waals surface area contributed by atoms with E-state index in [0.29, 0.717) is 24.4 Å². The van der Waals surface area contributed by atoms with Gasteiger partial charge in [0.1, 0.15) is 5.75 Å². The first-order valence-electron chi connectivity index (χ1n) is 8.45. The molecule has 0 aliphatic rings. The fraction of sp³-hybridized carbons (Fsp3) is 0.556. The molecule has 2 amide bonds. The van der Waals surface area contributed by atoms with Crippen LogP contribution in [0.5, 0.6) is 5.75 Å². The van der Waals surface area contributed by atoms with Gasteiger partial charge in [-0.3, -0.25) is 9.59 Å². The van der Waals surface area contributed by atoms with Crippen molar-refractivity contribution in [2.75, 3.05) is 19.7 Å². The quantitative estimate of drug-likeness (QED) is 0.616. The topological polar surface area (TPSA) is 67.4 Å². The lowest BCUT2D eigenvalue weighted by Crippen LogP contribution is -2.29. The van der Waals surface area contributed by atoms with E-state index in [-0.39, 0.29) is 18.4 Å². The Morgan fingerprint density at radius 2 is 1.57 bits per heavy atom. The van der Waals surface area contributed by atoms with Crippen LogP contribution in [0.3, 0.4) is 0 Å². The van der Waals surface area contributed by atoms with Crippen molar-refractivity contribution in [3.05, 3.63) is 29.8 Å². The minimum Gasteiger partial charge on any atom is -0.484 e. The molecule has 0 atom stereocenters. The molecule has 5 nitrogen and oxygen atoms in total. The summed E-state index contributed by atoms with van der Waals surface area (Å²) in [5.74, 6) is 0.375. The summed E-state index contributed by atoms with van der Waals surface area (Å²) in [6.45, 7) is 5.57. The van der Waals surface area contributed by atoms with Gasteiger partial charge >= 0.3 is 0 Å². The lowest BCUT2D eigenvalue weighted by atomic mass is 10.2. The van der Waals surface area contributed by atoms with Gasteiger partial charge in [0.15, 0.2) is 6.61 Å². The van der Waals surface area contributed by atoms with Crippen molar-refractivity contribution in [2.24, 2.45) is 0 Å². The molecule has 0 spiro atoms. The summed E-state index contributed by atoms with van der Waals surface area (Å²) in [7, 11) is 0. The molecule has 1 rings (SSSR count). The zero-order valence-corrected chi connectivity index (χ0v) is 14.2. The minimum atomic E-state index is -0.123. The first-order chi connectivity index (χ1) is 11.2. The van der Waals surface area contributed by atoms with Crippen molar-refractivity contribution < 1.29 is 14.3 Å². The molecule has 0 aromatic heterocycles. The van der Waals surface area contributed by atoms with E-state index in [1.807, 2.05) is 0 Å². The summed E-state index contributed by atoms with van der Waals surface area (Å²) in [5, 5.41) is 5.68. The van der Waals surface area contributed by atoms with Gasteiger partial charge in [0.2, 0.25) is 0 Å². The Labute approximate surface area is 138 Å². The van der Waals surface area contributed by atoms with Gasteiger partial charge in [0.25, 0.3) is 11.8 Å². The normalized spacial score (nSPS) is 10.2. The van der Waals surface area contributed by atoms with Crippen LogP contribution in [0.4, 0.5) is 0 Å². The van der Waals surface area contributed by atoms with Crippen LogP contribution < -0.4 is 15.4 Å². The van der Waals surface area contributed by atoms with Gasteiger partial charge in [0.05, 0.1) is 0 Å². The Kier molecular flexibility index (Phi) is 9.52. The van der Waals surface area contributed by atoms with E-state index in [1.54, 1.807) is 24.3 Å². The number of carbonyl (C=O) groups is 2. The maximum atomic E-state index is 11.9. The molecular weight excluding hydrogens is 292 g/mol. The molecule has 0 bridgehead atoms. The monoisotopic (exact) mass is 320 g/mol. The van der Waals surface area contributed by atoms with Crippen molar-refractivity contribution >= 4 is 11.8 Å². The lowest BCUT2D eigenvalue weighted by molar-refractivity contribution is -0.123. The average molecular weight is 320 g/mol. The van der Waals surface area contributed by atoms with E-state index in [4.69, 9.17) is 4.74 Å². The van der Waals surface area contributed by atoms with Crippen LogP contribution in [0.25, 0.3) is 0 Å². The molecule has 23 heavy (non-hydrogen) atoms. The average Bonchev–Trinajstić information content (AvgIpc) is 2.57. The van der Waals surface area contributed by atoms with Gasteiger partial charge in [0, 0.05) is 18.7 Å². The van der Waals surface area contributed by atoms with Gasteiger partial charge in [-0.25, -0.2) is 0 Å². The highest BCUT2D eigenvalue weighted by atomic mass is 16.5.